The first kappa shape index (κ1) is 20.5. The molecule has 0 aliphatic rings. The summed E-state index contributed by atoms with van der Waals surface area (Å²) < 4.78 is 5.37. The van der Waals surface area contributed by atoms with E-state index in [1.807, 2.05) is 11.8 Å². The average molecular weight is 392 g/mol. The zero-order valence-corrected chi connectivity index (χ0v) is 17.3. The van der Waals surface area contributed by atoms with Crippen LogP contribution in [0.2, 0.25) is 0 Å². The Hall–Kier alpha value is -2.23. The highest BCUT2D eigenvalue weighted by atomic mass is 32.2. The quantitative estimate of drug-likeness (QED) is 0.345. The van der Waals surface area contributed by atoms with Crippen molar-refractivity contribution in [3.05, 3.63) is 96.1 Å². The molecule has 2 nitrogen and oxygen atoms in total. The van der Waals surface area contributed by atoms with Gasteiger partial charge in [-0.25, -0.2) is 0 Å². The van der Waals surface area contributed by atoms with Crippen molar-refractivity contribution < 1.29 is 4.74 Å². The highest BCUT2D eigenvalue weighted by Gasteiger charge is 2.33. The van der Waals surface area contributed by atoms with E-state index in [0.717, 1.165) is 30.8 Å². The number of methoxy groups -OCH3 is 1. The maximum Gasteiger partial charge on any atom is 0.118 e. The lowest BCUT2D eigenvalue weighted by atomic mass is 9.69. The molecule has 0 saturated heterocycles. The zero-order valence-electron chi connectivity index (χ0n) is 16.5. The summed E-state index contributed by atoms with van der Waals surface area (Å²) in [5, 5.41) is 0. The minimum Gasteiger partial charge on any atom is -0.497 e. The van der Waals surface area contributed by atoms with Crippen LogP contribution in [0.1, 0.15) is 30.4 Å². The number of hydrogen-bond acceptors (Lipinski definition) is 3. The number of benzene rings is 3. The minimum atomic E-state index is -0.0699. The van der Waals surface area contributed by atoms with Gasteiger partial charge in [0.15, 0.2) is 0 Å². The van der Waals surface area contributed by atoms with E-state index < -0.39 is 0 Å². The third kappa shape index (κ3) is 4.98. The number of nitrogens with two attached hydrogens (primary N) is 1. The Labute approximate surface area is 173 Å². The van der Waals surface area contributed by atoms with Gasteiger partial charge in [0.2, 0.25) is 0 Å². The molecule has 2 N–H and O–H groups in total. The molecule has 146 valence electrons. The summed E-state index contributed by atoms with van der Waals surface area (Å²) in [5.74, 6) is 1.98. The molecule has 28 heavy (non-hydrogen) atoms. The zero-order chi connectivity index (χ0) is 19.7. The molecular formula is C25H29NOS. The number of thioether (sulfide) groups is 1. The van der Waals surface area contributed by atoms with Gasteiger partial charge in [0.05, 0.1) is 7.11 Å². The van der Waals surface area contributed by atoms with Crippen LogP contribution in [-0.4, -0.2) is 19.4 Å². The van der Waals surface area contributed by atoms with Gasteiger partial charge >= 0.3 is 0 Å². The fraction of sp³-hybridized carbons (Fsp3) is 0.280. The van der Waals surface area contributed by atoms with Gasteiger partial charge < -0.3 is 10.5 Å². The van der Waals surface area contributed by atoms with Gasteiger partial charge in [0, 0.05) is 10.3 Å². The summed E-state index contributed by atoms with van der Waals surface area (Å²) in [7, 11) is 1.71. The highest BCUT2D eigenvalue weighted by molar-refractivity contribution is 7.99. The summed E-state index contributed by atoms with van der Waals surface area (Å²) >= 11 is 1.92. The highest BCUT2D eigenvalue weighted by Crippen LogP contribution is 2.41. The second kappa shape index (κ2) is 10.4. The second-order valence-corrected chi connectivity index (χ2v) is 8.15. The van der Waals surface area contributed by atoms with Crippen molar-refractivity contribution in [1.82, 2.24) is 0 Å². The van der Waals surface area contributed by atoms with Crippen LogP contribution in [0.15, 0.2) is 89.8 Å². The molecule has 3 aromatic carbocycles. The van der Waals surface area contributed by atoms with Crippen molar-refractivity contribution in [2.75, 3.05) is 19.4 Å². The first-order chi connectivity index (χ1) is 13.8. The third-order valence-corrected chi connectivity index (χ3v) is 6.40. The third-order valence-electron chi connectivity index (χ3n) is 5.30. The van der Waals surface area contributed by atoms with Gasteiger partial charge in [-0.3, -0.25) is 0 Å². The van der Waals surface area contributed by atoms with Crippen LogP contribution >= 0.6 is 11.8 Å². The van der Waals surface area contributed by atoms with E-state index in [2.05, 4.69) is 84.9 Å². The molecule has 3 aromatic rings. The monoisotopic (exact) mass is 391 g/mol. The van der Waals surface area contributed by atoms with E-state index in [4.69, 9.17) is 10.5 Å². The molecule has 0 bridgehead atoms. The predicted molar refractivity (Wildman–Crippen MR) is 120 cm³/mol. The van der Waals surface area contributed by atoms with Crippen LogP contribution in [0.5, 0.6) is 5.75 Å². The van der Waals surface area contributed by atoms with Crippen LogP contribution in [0.25, 0.3) is 0 Å². The molecule has 3 heteroatoms. The van der Waals surface area contributed by atoms with Gasteiger partial charge in [-0.2, -0.15) is 0 Å². The lowest BCUT2D eigenvalue weighted by Gasteiger charge is -2.35. The first-order valence-electron chi connectivity index (χ1n) is 9.86. The van der Waals surface area contributed by atoms with Crippen molar-refractivity contribution in [2.24, 2.45) is 5.73 Å². The summed E-state index contributed by atoms with van der Waals surface area (Å²) in [6.45, 7) is 0.659. The minimum absolute atomic E-state index is 0.0699. The summed E-state index contributed by atoms with van der Waals surface area (Å²) in [6, 6.07) is 30.0. The average Bonchev–Trinajstić information content (AvgIpc) is 2.77. The Morgan fingerprint density at radius 3 is 2.00 bits per heavy atom. The largest absolute Gasteiger partial charge is 0.497 e. The molecular weight excluding hydrogens is 362 g/mol. The van der Waals surface area contributed by atoms with Crippen LogP contribution in [0.3, 0.4) is 0 Å². The van der Waals surface area contributed by atoms with Crippen molar-refractivity contribution in [3.8, 4) is 5.75 Å². The Bertz CT molecular complexity index is 820. The predicted octanol–water partition coefficient (Wildman–Crippen LogP) is 5.90. The molecule has 0 aliphatic carbocycles. The maximum absolute atomic E-state index is 6.11. The number of rotatable bonds is 10. The van der Waals surface area contributed by atoms with Gasteiger partial charge in [-0.15, -0.1) is 11.8 Å². The number of ether oxygens (including phenoxy) is 1. The van der Waals surface area contributed by atoms with E-state index in [1.54, 1.807) is 7.11 Å². The lowest BCUT2D eigenvalue weighted by Crippen LogP contribution is -2.31. The van der Waals surface area contributed by atoms with Crippen molar-refractivity contribution in [1.29, 1.82) is 0 Å². The van der Waals surface area contributed by atoms with Gasteiger partial charge in [0.1, 0.15) is 5.75 Å². The topological polar surface area (TPSA) is 35.2 Å². The molecule has 0 radical (unpaired) electrons. The molecule has 1 unspecified atom stereocenters. The number of hydrogen-bond donors (Lipinski definition) is 1. The van der Waals surface area contributed by atoms with Crippen LogP contribution in [0.4, 0.5) is 0 Å². The van der Waals surface area contributed by atoms with Gasteiger partial charge in [-0.05, 0) is 67.0 Å². The van der Waals surface area contributed by atoms with E-state index in [0.29, 0.717) is 6.54 Å². The molecule has 0 amide bonds. The Morgan fingerprint density at radius 1 is 0.786 bits per heavy atom. The summed E-state index contributed by atoms with van der Waals surface area (Å²) in [4.78, 5) is 1.33. The molecule has 3 rings (SSSR count). The van der Waals surface area contributed by atoms with Gasteiger partial charge in [-0.1, -0.05) is 60.7 Å². The standard InChI is InChI=1S/C25H29NOS/c1-27-23-15-13-22(14-16-23)25(18-19-26,21-9-4-2-5-10-21)17-8-20-28-24-11-6-3-7-12-24/h2-7,9-16H,8,17-20,26H2,1H3. The second-order valence-electron chi connectivity index (χ2n) is 6.98. The van der Waals surface area contributed by atoms with E-state index >= 15 is 0 Å². The molecule has 0 spiro atoms. The van der Waals surface area contributed by atoms with Crippen molar-refractivity contribution in [2.45, 2.75) is 29.6 Å². The van der Waals surface area contributed by atoms with Crippen molar-refractivity contribution in [3.63, 3.8) is 0 Å². The maximum atomic E-state index is 6.11. The summed E-state index contributed by atoms with van der Waals surface area (Å²) in [6.07, 6.45) is 3.13. The molecule has 0 fully saturated rings. The van der Waals surface area contributed by atoms with Crippen molar-refractivity contribution >= 4 is 11.8 Å². The molecule has 0 aliphatic heterocycles. The van der Waals surface area contributed by atoms with E-state index in [-0.39, 0.29) is 5.41 Å². The normalized spacial score (nSPS) is 13.1. The molecule has 0 aromatic heterocycles. The summed E-state index contributed by atoms with van der Waals surface area (Å²) in [5.41, 5.74) is 8.70. The molecule has 1 atom stereocenters. The van der Waals surface area contributed by atoms with Gasteiger partial charge in [0.25, 0.3) is 0 Å². The smallest absolute Gasteiger partial charge is 0.118 e. The van der Waals surface area contributed by atoms with E-state index in [1.165, 1.54) is 16.0 Å². The lowest BCUT2D eigenvalue weighted by molar-refractivity contribution is 0.411. The fourth-order valence-corrected chi connectivity index (χ4v) is 4.74. The Kier molecular flexibility index (Phi) is 7.58. The Balaban J connectivity index is 1.84. The van der Waals surface area contributed by atoms with Crippen LogP contribution in [0, 0.1) is 0 Å². The fourth-order valence-electron chi connectivity index (χ4n) is 3.86. The molecule has 0 saturated carbocycles. The Morgan fingerprint density at radius 2 is 1.39 bits per heavy atom. The van der Waals surface area contributed by atoms with Crippen LogP contribution in [-0.2, 0) is 5.41 Å². The SMILES string of the molecule is COc1ccc(C(CCN)(CCCSc2ccccc2)c2ccccc2)cc1. The first-order valence-corrected chi connectivity index (χ1v) is 10.8. The molecule has 0 heterocycles. The van der Waals surface area contributed by atoms with Crippen LogP contribution < -0.4 is 10.5 Å². The van der Waals surface area contributed by atoms with E-state index in [9.17, 15) is 0 Å².